The maximum atomic E-state index is 6.20. The molecule has 0 aliphatic heterocycles. The number of rotatable bonds is 6. The van der Waals surface area contributed by atoms with Crippen molar-refractivity contribution in [1.82, 2.24) is 9.97 Å². The van der Waals surface area contributed by atoms with E-state index in [1.54, 1.807) is 6.07 Å². The fourth-order valence-electron chi connectivity index (χ4n) is 1.62. The van der Waals surface area contributed by atoms with E-state index in [0.717, 1.165) is 9.26 Å². The highest BCUT2D eigenvalue weighted by Crippen LogP contribution is 2.27. The van der Waals surface area contributed by atoms with Crippen LogP contribution >= 0.6 is 34.2 Å². The van der Waals surface area contributed by atoms with Crippen molar-refractivity contribution in [2.75, 3.05) is 17.3 Å². The van der Waals surface area contributed by atoms with Crippen LogP contribution in [0.3, 0.4) is 0 Å². The zero-order valence-electron chi connectivity index (χ0n) is 11.4. The molecule has 1 aromatic heterocycles. The van der Waals surface area contributed by atoms with Crippen molar-refractivity contribution >= 4 is 51.5 Å². The SMILES string of the molecule is CCOCc1nc(NN)cc(Nc2ccc(I)cc2Cl)n1. The van der Waals surface area contributed by atoms with Crippen LogP contribution in [0, 0.1) is 3.57 Å². The first-order chi connectivity index (χ1) is 10.1. The minimum atomic E-state index is 0.321. The number of benzene rings is 1. The van der Waals surface area contributed by atoms with E-state index in [4.69, 9.17) is 22.2 Å². The van der Waals surface area contributed by atoms with Gasteiger partial charge < -0.3 is 15.5 Å². The molecule has 0 saturated carbocycles. The highest BCUT2D eigenvalue weighted by atomic mass is 127. The van der Waals surface area contributed by atoms with Gasteiger partial charge in [-0.15, -0.1) is 0 Å². The Morgan fingerprint density at radius 1 is 1.29 bits per heavy atom. The molecule has 0 aliphatic carbocycles. The van der Waals surface area contributed by atoms with E-state index >= 15 is 0 Å². The molecule has 0 radical (unpaired) electrons. The second-order valence-electron chi connectivity index (χ2n) is 4.09. The molecule has 0 unspecified atom stereocenters. The summed E-state index contributed by atoms with van der Waals surface area (Å²) in [5.74, 6) is 7.06. The summed E-state index contributed by atoms with van der Waals surface area (Å²) >= 11 is 8.40. The van der Waals surface area contributed by atoms with Crippen molar-refractivity contribution in [2.45, 2.75) is 13.5 Å². The Morgan fingerprint density at radius 3 is 2.71 bits per heavy atom. The minimum Gasteiger partial charge on any atom is -0.374 e. The van der Waals surface area contributed by atoms with Crippen molar-refractivity contribution < 1.29 is 4.74 Å². The average Bonchev–Trinajstić information content (AvgIpc) is 2.48. The fourth-order valence-corrected chi connectivity index (χ4v) is 2.52. The molecular formula is C13H15ClIN5O. The van der Waals surface area contributed by atoms with Crippen molar-refractivity contribution in [3.8, 4) is 0 Å². The Hall–Kier alpha value is -1.16. The fraction of sp³-hybridized carbons (Fsp3) is 0.231. The maximum Gasteiger partial charge on any atom is 0.158 e. The normalized spacial score (nSPS) is 10.5. The maximum absolute atomic E-state index is 6.20. The predicted octanol–water partition coefficient (Wildman–Crippen LogP) is 3.30. The lowest BCUT2D eigenvalue weighted by atomic mass is 10.3. The van der Waals surface area contributed by atoms with Crippen LogP contribution < -0.4 is 16.6 Å². The van der Waals surface area contributed by atoms with Crippen LogP contribution in [-0.4, -0.2) is 16.6 Å². The van der Waals surface area contributed by atoms with Gasteiger partial charge in [0.25, 0.3) is 0 Å². The molecule has 1 heterocycles. The van der Waals surface area contributed by atoms with E-state index in [9.17, 15) is 0 Å². The van der Waals surface area contributed by atoms with E-state index in [-0.39, 0.29) is 0 Å². The highest BCUT2D eigenvalue weighted by molar-refractivity contribution is 14.1. The van der Waals surface area contributed by atoms with Crippen molar-refractivity contribution in [3.63, 3.8) is 0 Å². The lowest BCUT2D eigenvalue weighted by Crippen LogP contribution is -2.12. The van der Waals surface area contributed by atoms with E-state index in [1.165, 1.54) is 0 Å². The zero-order chi connectivity index (χ0) is 15.2. The molecule has 0 spiro atoms. The van der Waals surface area contributed by atoms with Crippen LogP contribution in [0.15, 0.2) is 24.3 Å². The quantitative estimate of drug-likeness (QED) is 0.378. The molecule has 6 nitrogen and oxygen atoms in total. The standard InChI is InChI=1S/C13H15ClIN5O/c1-2-21-7-13-18-11(6-12(19-13)20-16)17-10-4-3-8(15)5-9(10)14/h3-6H,2,7,16H2,1H3,(H2,17,18,19,20). The molecule has 0 saturated heterocycles. The summed E-state index contributed by atoms with van der Waals surface area (Å²) in [7, 11) is 0. The van der Waals surface area contributed by atoms with Crippen LogP contribution in [0.4, 0.5) is 17.3 Å². The summed E-state index contributed by atoms with van der Waals surface area (Å²) in [5, 5.41) is 3.77. The smallest absolute Gasteiger partial charge is 0.158 e. The highest BCUT2D eigenvalue weighted by Gasteiger charge is 2.07. The number of ether oxygens (including phenoxy) is 1. The average molecular weight is 420 g/mol. The first kappa shape index (κ1) is 16.2. The van der Waals surface area contributed by atoms with Gasteiger partial charge in [0.1, 0.15) is 18.2 Å². The third-order valence-corrected chi connectivity index (χ3v) is 3.53. The monoisotopic (exact) mass is 419 g/mol. The van der Waals surface area contributed by atoms with Crippen molar-refractivity contribution in [2.24, 2.45) is 5.84 Å². The van der Waals surface area contributed by atoms with E-state index in [0.29, 0.717) is 35.7 Å². The molecule has 21 heavy (non-hydrogen) atoms. The van der Waals surface area contributed by atoms with Crippen LogP contribution in [-0.2, 0) is 11.3 Å². The van der Waals surface area contributed by atoms with Gasteiger partial charge in [-0.3, -0.25) is 0 Å². The number of nitrogens with one attached hydrogen (secondary N) is 2. The van der Waals surface area contributed by atoms with Crippen LogP contribution in [0.25, 0.3) is 0 Å². The van der Waals surface area contributed by atoms with E-state index in [1.807, 2.05) is 25.1 Å². The summed E-state index contributed by atoms with van der Waals surface area (Å²) in [6, 6.07) is 7.42. The lowest BCUT2D eigenvalue weighted by Gasteiger charge is -2.11. The van der Waals surface area contributed by atoms with E-state index < -0.39 is 0 Å². The van der Waals surface area contributed by atoms with Crippen LogP contribution in [0.2, 0.25) is 5.02 Å². The number of nitrogens with zero attached hydrogens (tertiary/aromatic N) is 2. The van der Waals surface area contributed by atoms with E-state index in [2.05, 4.69) is 43.3 Å². The lowest BCUT2D eigenvalue weighted by molar-refractivity contribution is 0.128. The third-order valence-electron chi connectivity index (χ3n) is 2.55. The molecule has 2 rings (SSSR count). The van der Waals surface area contributed by atoms with Gasteiger partial charge in [-0.25, -0.2) is 15.8 Å². The number of hydrazine groups is 1. The number of halogens is 2. The van der Waals surface area contributed by atoms with Gasteiger partial charge in [-0.2, -0.15) is 0 Å². The Kier molecular flexibility index (Phi) is 5.97. The number of hydrogen-bond acceptors (Lipinski definition) is 6. The van der Waals surface area contributed by atoms with Gasteiger partial charge in [0.15, 0.2) is 5.82 Å². The predicted molar refractivity (Wildman–Crippen MR) is 92.6 cm³/mol. The molecule has 1 aromatic carbocycles. The van der Waals surface area contributed by atoms with Gasteiger partial charge in [0.05, 0.1) is 10.7 Å². The number of anilines is 3. The first-order valence-corrected chi connectivity index (χ1v) is 7.72. The summed E-state index contributed by atoms with van der Waals surface area (Å²) in [5.41, 5.74) is 3.28. The largest absolute Gasteiger partial charge is 0.374 e. The Balaban J connectivity index is 2.25. The first-order valence-electron chi connectivity index (χ1n) is 6.26. The molecule has 2 aromatic rings. The molecule has 0 fully saturated rings. The summed E-state index contributed by atoms with van der Waals surface area (Å²) in [4.78, 5) is 8.60. The molecule has 0 atom stereocenters. The summed E-state index contributed by atoms with van der Waals surface area (Å²) < 4.78 is 6.38. The Bertz CT molecular complexity index is 626. The summed E-state index contributed by atoms with van der Waals surface area (Å²) in [6.07, 6.45) is 0. The minimum absolute atomic E-state index is 0.321. The van der Waals surface area contributed by atoms with Gasteiger partial charge >= 0.3 is 0 Å². The molecule has 0 amide bonds. The third kappa shape index (κ3) is 4.67. The van der Waals surface area contributed by atoms with Crippen molar-refractivity contribution in [3.05, 3.63) is 38.7 Å². The van der Waals surface area contributed by atoms with Gasteiger partial charge in [-0.05, 0) is 47.7 Å². The number of aromatic nitrogens is 2. The van der Waals surface area contributed by atoms with Gasteiger partial charge in [0, 0.05) is 16.2 Å². The zero-order valence-corrected chi connectivity index (χ0v) is 14.3. The number of nitrogen functional groups attached to an aromatic ring is 1. The van der Waals surface area contributed by atoms with Crippen LogP contribution in [0.5, 0.6) is 0 Å². The topological polar surface area (TPSA) is 85.1 Å². The molecular weight excluding hydrogens is 405 g/mol. The second-order valence-corrected chi connectivity index (χ2v) is 5.74. The second kappa shape index (κ2) is 7.74. The molecule has 0 aliphatic rings. The molecule has 112 valence electrons. The molecule has 8 heteroatoms. The van der Waals surface area contributed by atoms with Crippen molar-refractivity contribution in [1.29, 1.82) is 0 Å². The van der Waals surface area contributed by atoms with Gasteiger partial charge in [0.2, 0.25) is 0 Å². The molecule has 4 N–H and O–H groups in total. The Morgan fingerprint density at radius 2 is 2.05 bits per heavy atom. The number of hydrogen-bond donors (Lipinski definition) is 3. The van der Waals surface area contributed by atoms with Crippen LogP contribution in [0.1, 0.15) is 12.7 Å². The Labute approximate surface area is 141 Å². The number of nitrogens with two attached hydrogens (primary N) is 1. The summed E-state index contributed by atoms with van der Waals surface area (Å²) in [6.45, 7) is 2.83. The molecule has 0 bridgehead atoms. The van der Waals surface area contributed by atoms with Gasteiger partial charge in [-0.1, -0.05) is 11.6 Å².